The highest BCUT2D eigenvalue weighted by molar-refractivity contribution is 7.20. The van der Waals surface area contributed by atoms with E-state index in [1.807, 2.05) is 55.5 Å². The standard InChI is InChI=1S/C26H24N4OS/c1-16-14-23(28-24(31)20-11-7-9-17-8-5-6-10-19(17)20)30(29-16)25-27-21-13-12-18(26(2,3)4)15-22(21)32-25/h5-15H,1-4H3,(H,28,31). The molecule has 0 aliphatic carbocycles. The maximum atomic E-state index is 13.2. The van der Waals surface area contributed by atoms with Gasteiger partial charge >= 0.3 is 0 Å². The number of thiazole rings is 1. The van der Waals surface area contributed by atoms with E-state index in [4.69, 9.17) is 4.98 Å². The largest absolute Gasteiger partial charge is 0.306 e. The number of carbonyl (C=O) groups excluding carboxylic acids is 1. The highest BCUT2D eigenvalue weighted by Crippen LogP contribution is 2.32. The smallest absolute Gasteiger partial charge is 0.257 e. The molecule has 0 saturated heterocycles. The first-order chi connectivity index (χ1) is 15.3. The van der Waals surface area contributed by atoms with Crippen LogP contribution in [0.2, 0.25) is 0 Å². The Balaban J connectivity index is 1.52. The van der Waals surface area contributed by atoms with Gasteiger partial charge in [0.15, 0.2) is 0 Å². The van der Waals surface area contributed by atoms with Crippen molar-refractivity contribution in [1.29, 1.82) is 0 Å². The molecule has 1 N–H and O–H groups in total. The summed E-state index contributed by atoms with van der Waals surface area (Å²) in [4.78, 5) is 18.0. The summed E-state index contributed by atoms with van der Waals surface area (Å²) < 4.78 is 2.83. The Hall–Kier alpha value is -3.51. The van der Waals surface area contributed by atoms with Crippen molar-refractivity contribution >= 4 is 44.1 Å². The molecular weight excluding hydrogens is 416 g/mol. The molecule has 5 nitrogen and oxygen atoms in total. The number of nitrogens with one attached hydrogen (secondary N) is 1. The van der Waals surface area contributed by atoms with Crippen LogP contribution in [0.1, 0.15) is 42.4 Å². The summed E-state index contributed by atoms with van der Waals surface area (Å²) in [5.41, 5.74) is 3.71. The molecule has 32 heavy (non-hydrogen) atoms. The van der Waals surface area contributed by atoms with Crippen LogP contribution in [0.15, 0.2) is 66.7 Å². The van der Waals surface area contributed by atoms with Crippen molar-refractivity contribution < 1.29 is 4.79 Å². The van der Waals surface area contributed by atoms with Gasteiger partial charge in [-0.2, -0.15) is 9.78 Å². The average molecular weight is 441 g/mol. The van der Waals surface area contributed by atoms with Crippen LogP contribution in [0.5, 0.6) is 0 Å². The number of fused-ring (bicyclic) bond motifs is 2. The molecule has 0 radical (unpaired) electrons. The van der Waals surface area contributed by atoms with Gasteiger partial charge in [0.05, 0.1) is 15.9 Å². The van der Waals surface area contributed by atoms with Crippen molar-refractivity contribution in [3.63, 3.8) is 0 Å². The van der Waals surface area contributed by atoms with E-state index < -0.39 is 0 Å². The molecule has 160 valence electrons. The molecule has 5 aromatic rings. The Kier molecular flexibility index (Phi) is 4.82. The summed E-state index contributed by atoms with van der Waals surface area (Å²) in [6, 6.07) is 21.9. The normalized spacial score (nSPS) is 11.9. The second-order valence-electron chi connectivity index (χ2n) is 8.99. The van der Waals surface area contributed by atoms with Gasteiger partial charge in [0.25, 0.3) is 5.91 Å². The third-order valence-corrected chi connectivity index (χ3v) is 6.53. The molecule has 0 aliphatic rings. The van der Waals surface area contributed by atoms with Crippen LogP contribution in [0.25, 0.3) is 26.1 Å². The minimum atomic E-state index is -0.168. The van der Waals surface area contributed by atoms with Crippen molar-refractivity contribution in [2.75, 3.05) is 5.32 Å². The van der Waals surface area contributed by atoms with Crippen molar-refractivity contribution in [3.05, 3.63) is 83.6 Å². The van der Waals surface area contributed by atoms with Gasteiger partial charge in [0, 0.05) is 11.6 Å². The van der Waals surface area contributed by atoms with Gasteiger partial charge in [-0.25, -0.2) is 4.98 Å². The molecule has 0 saturated carbocycles. The Morgan fingerprint density at radius 3 is 2.59 bits per heavy atom. The predicted octanol–water partition coefficient (Wildman–Crippen LogP) is 6.49. The fraction of sp³-hybridized carbons (Fsp3) is 0.192. The van der Waals surface area contributed by atoms with Crippen LogP contribution in [0, 0.1) is 6.92 Å². The van der Waals surface area contributed by atoms with Crippen LogP contribution in [0.3, 0.4) is 0 Å². The molecule has 2 aromatic heterocycles. The number of anilines is 1. The second-order valence-corrected chi connectivity index (χ2v) is 10.0. The molecule has 0 spiro atoms. The Morgan fingerprint density at radius 1 is 1.00 bits per heavy atom. The number of aromatic nitrogens is 3. The summed E-state index contributed by atoms with van der Waals surface area (Å²) in [6.07, 6.45) is 0. The monoisotopic (exact) mass is 440 g/mol. The molecule has 0 fully saturated rings. The Labute approximate surface area is 190 Å². The molecule has 6 heteroatoms. The van der Waals surface area contributed by atoms with Gasteiger partial charge in [-0.05, 0) is 46.9 Å². The van der Waals surface area contributed by atoms with Crippen LogP contribution >= 0.6 is 11.3 Å². The minimum absolute atomic E-state index is 0.0677. The molecule has 0 bridgehead atoms. The summed E-state index contributed by atoms with van der Waals surface area (Å²) in [7, 11) is 0. The third-order valence-electron chi connectivity index (χ3n) is 5.53. The van der Waals surface area contributed by atoms with Crippen molar-refractivity contribution in [2.24, 2.45) is 0 Å². The maximum Gasteiger partial charge on any atom is 0.257 e. The lowest BCUT2D eigenvalue weighted by molar-refractivity contribution is 0.102. The van der Waals surface area contributed by atoms with Gasteiger partial charge in [-0.15, -0.1) is 0 Å². The Morgan fingerprint density at radius 2 is 1.78 bits per heavy atom. The second kappa shape index (κ2) is 7.57. The molecule has 0 aliphatic heterocycles. The number of aryl methyl sites for hydroxylation is 1. The summed E-state index contributed by atoms with van der Waals surface area (Å²) in [5, 5.41) is 10.3. The van der Waals surface area contributed by atoms with Gasteiger partial charge in [-0.3, -0.25) is 4.79 Å². The number of carbonyl (C=O) groups is 1. The zero-order valence-electron chi connectivity index (χ0n) is 18.5. The highest BCUT2D eigenvalue weighted by atomic mass is 32.1. The Bertz CT molecular complexity index is 1470. The van der Waals surface area contributed by atoms with Crippen molar-refractivity contribution in [3.8, 4) is 5.13 Å². The van der Waals surface area contributed by atoms with Crippen LogP contribution in [0.4, 0.5) is 5.82 Å². The molecule has 1 amide bonds. The quantitative estimate of drug-likeness (QED) is 0.349. The first-order valence-corrected chi connectivity index (χ1v) is 11.4. The van der Waals surface area contributed by atoms with E-state index in [2.05, 4.69) is 49.4 Å². The van der Waals surface area contributed by atoms with Gasteiger partial charge in [-0.1, -0.05) is 74.6 Å². The number of hydrogen-bond acceptors (Lipinski definition) is 4. The van der Waals surface area contributed by atoms with E-state index in [1.54, 1.807) is 16.0 Å². The first-order valence-electron chi connectivity index (χ1n) is 10.6. The van der Waals surface area contributed by atoms with Gasteiger partial charge in [0.1, 0.15) is 5.82 Å². The maximum absolute atomic E-state index is 13.2. The molecule has 5 rings (SSSR count). The predicted molar refractivity (Wildman–Crippen MR) is 132 cm³/mol. The van der Waals surface area contributed by atoms with E-state index in [0.717, 1.165) is 31.8 Å². The lowest BCUT2D eigenvalue weighted by Crippen LogP contribution is -2.15. The van der Waals surface area contributed by atoms with E-state index >= 15 is 0 Å². The summed E-state index contributed by atoms with van der Waals surface area (Å²) >= 11 is 1.57. The summed E-state index contributed by atoms with van der Waals surface area (Å²) in [5.74, 6) is 0.439. The van der Waals surface area contributed by atoms with Gasteiger partial charge in [0.2, 0.25) is 5.13 Å². The van der Waals surface area contributed by atoms with Crippen LogP contribution < -0.4 is 5.32 Å². The zero-order chi connectivity index (χ0) is 22.5. The van der Waals surface area contributed by atoms with E-state index in [9.17, 15) is 4.79 Å². The zero-order valence-corrected chi connectivity index (χ0v) is 19.3. The molecule has 2 heterocycles. The SMILES string of the molecule is Cc1cc(NC(=O)c2cccc3ccccc23)n(-c2nc3ccc(C(C)(C)C)cc3s2)n1. The number of nitrogens with zero attached hydrogens (tertiary/aromatic N) is 3. The van der Waals surface area contributed by atoms with E-state index in [0.29, 0.717) is 11.4 Å². The third kappa shape index (κ3) is 3.67. The fourth-order valence-corrected chi connectivity index (χ4v) is 4.78. The first kappa shape index (κ1) is 20.4. The number of hydrogen-bond donors (Lipinski definition) is 1. The topological polar surface area (TPSA) is 59.8 Å². The molecular formula is C26H24N4OS. The fourth-order valence-electron chi connectivity index (χ4n) is 3.81. The van der Waals surface area contributed by atoms with Crippen LogP contribution in [-0.2, 0) is 5.41 Å². The van der Waals surface area contributed by atoms with Crippen molar-refractivity contribution in [2.45, 2.75) is 33.1 Å². The average Bonchev–Trinajstić information content (AvgIpc) is 3.34. The lowest BCUT2D eigenvalue weighted by Gasteiger charge is -2.18. The minimum Gasteiger partial charge on any atom is -0.306 e. The number of rotatable bonds is 3. The van der Waals surface area contributed by atoms with E-state index in [-0.39, 0.29) is 11.3 Å². The number of benzene rings is 3. The molecule has 0 atom stereocenters. The van der Waals surface area contributed by atoms with Gasteiger partial charge < -0.3 is 5.32 Å². The highest BCUT2D eigenvalue weighted by Gasteiger charge is 2.19. The van der Waals surface area contributed by atoms with E-state index in [1.165, 1.54) is 5.56 Å². The lowest BCUT2D eigenvalue weighted by atomic mass is 9.87. The van der Waals surface area contributed by atoms with Crippen LogP contribution in [-0.4, -0.2) is 20.7 Å². The molecule has 0 unspecified atom stereocenters. The molecule has 3 aromatic carbocycles. The summed E-state index contributed by atoms with van der Waals surface area (Å²) in [6.45, 7) is 8.52. The number of amides is 1. The van der Waals surface area contributed by atoms with Crippen molar-refractivity contribution in [1.82, 2.24) is 14.8 Å².